The van der Waals surface area contributed by atoms with E-state index in [1.807, 2.05) is 26.0 Å². The molecule has 6 nitrogen and oxygen atoms in total. The van der Waals surface area contributed by atoms with Gasteiger partial charge in [-0.15, -0.1) is 0 Å². The first-order valence-corrected chi connectivity index (χ1v) is 7.74. The van der Waals surface area contributed by atoms with Crippen molar-refractivity contribution in [2.24, 2.45) is 5.73 Å². The van der Waals surface area contributed by atoms with Crippen molar-refractivity contribution in [3.8, 4) is 17.4 Å². The van der Waals surface area contributed by atoms with E-state index < -0.39 is 5.54 Å². The van der Waals surface area contributed by atoms with Gasteiger partial charge in [-0.1, -0.05) is 13.0 Å². The summed E-state index contributed by atoms with van der Waals surface area (Å²) in [4.78, 5) is 16.2. The smallest absolute Gasteiger partial charge is 0.244 e. The number of ether oxygens (including phenoxy) is 2. The van der Waals surface area contributed by atoms with Gasteiger partial charge < -0.3 is 20.5 Å². The minimum absolute atomic E-state index is 0.247. The molecule has 1 atom stereocenters. The van der Waals surface area contributed by atoms with Gasteiger partial charge in [0, 0.05) is 12.1 Å². The Morgan fingerprint density at radius 2 is 2.08 bits per heavy atom. The summed E-state index contributed by atoms with van der Waals surface area (Å²) in [7, 11) is 1.61. The van der Waals surface area contributed by atoms with Crippen molar-refractivity contribution in [3.05, 3.63) is 42.1 Å². The van der Waals surface area contributed by atoms with E-state index in [-0.39, 0.29) is 5.91 Å². The summed E-state index contributed by atoms with van der Waals surface area (Å²) >= 11 is 0. The second-order valence-electron chi connectivity index (χ2n) is 5.84. The van der Waals surface area contributed by atoms with Crippen LogP contribution in [0.1, 0.15) is 25.8 Å². The third kappa shape index (κ3) is 4.23. The van der Waals surface area contributed by atoms with E-state index in [0.717, 1.165) is 11.3 Å². The highest BCUT2D eigenvalue weighted by molar-refractivity contribution is 5.97. The number of pyridine rings is 1. The molecular formula is C18H23N3O3. The minimum atomic E-state index is -0.909. The first-order chi connectivity index (χ1) is 11.4. The van der Waals surface area contributed by atoms with E-state index in [1.54, 1.807) is 32.2 Å². The molecule has 0 aliphatic heterocycles. The molecule has 0 saturated carbocycles. The Bertz CT molecular complexity index is 712. The van der Waals surface area contributed by atoms with Crippen LogP contribution in [0, 0.1) is 6.92 Å². The van der Waals surface area contributed by atoms with Gasteiger partial charge in [-0.3, -0.25) is 4.79 Å². The number of rotatable bonds is 6. The van der Waals surface area contributed by atoms with Crippen LogP contribution in [-0.4, -0.2) is 23.5 Å². The van der Waals surface area contributed by atoms with Crippen LogP contribution >= 0.6 is 0 Å². The van der Waals surface area contributed by atoms with Crippen LogP contribution in [0.15, 0.2) is 36.5 Å². The molecule has 6 heteroatoms. The van der Waals surface area contributed by atoms with Crippen LogP contribution < -0.4 is 20.5 Å². The number of nitrogens with two attached hydrogens (primary N) is 1. The highest BCUT2D eigenvalue weighted by atomic mass is 16.5. The maximum absolute atomic E-state index is 12.0. The Morgan fingerprint density at radius 3 is 2.67 bits per heavy atom. The van der Waals surface area contributed by atoms with Crippen molar-refractivity contribution in [1.82, 2.24) is 4.98 Å². The molecule has 0 bridgehead atoms. The summed E-state index contributed by atoms with van der Waals surface area (Å²) in [5, 5.41) is 2.75. The molecule has 3 N–H and O–H groups in total. The molecule has 0 saturated heterocycles. The van der Waals surface area contributed by atoms with E-state index in [4.69, 9.17) is 15.2 Å². The summed E-state index contributed by atoms with van der Waals surface area (Å²) in [6.45, 7) is 5.52. The summed E-state index contributed by atoms with van der Waals surface area (Å²) in [5.41, 5.74) is 6.59. The highest BCUT2D eigenvalue weighted by Crippen LogP contribution is 2.27. The first-order valence-electron chi connectivity index (χ1n) is 7.74. The number of benzene rings is 1. The fourth-order valence-electron chi connectivity index (χ4n) is 1.93. The van der Waals surface area contributed by atoms with Crippen LogP contribution in [0.4, 0.5) is 5.69 Å². The van der Waals surface area contributed by atoms with Gasteiger partial charge in [0.1, 0.15) is 11.5 Å². The lowest BCUT2D eigenvalue weighted by atomic mass is 9.99. The zero-order valence-electron chi connectivity index (χ0n) is 14.4. The SMILES string of the molecule is CCC(C)(N)C(=O)Nc1ccc(Oc2ccc(C)c(OC)c2)nc1. The number of anilines is 1. The van der Waals surface area contributed by atoms with Gasteiger partial charge in [0.2, 0.25) is 11.8 Å². The van der Waals surface area contributed by atoms with Gasteiger partial charge in [-0.05, 0) is 38.0 Å². The molecule has 24 heavy (non-hydrogen) atoms. The number of carbonyl (C=O) groups excluding carboxylic acids is 1. The lowest BCUT2D eigenvalue weighted by Gasteiger charge is -2.21. The monoisotopic (exact) mass is 329 g/mol. The van der Waals surface area contributed by atoms with Gasteiger partial charge in [0.25, 0.3) is 0 Å². The number of nitrogens with zero attached hydrogens (tertiary/aromatic N) is 1. The van der Waals surface area contributed by atoms with Crippen molar-refractivity contribution in [1.29, 1.82) is 0 Å². The number of amides is 1. The van der Waals surface area contributed by atoms with E-state index >= 15 is 0 Å². The number of hydrogen-bond donors (Lipinski definition) is 2. The zero-order chi connectivity index (χ0) is 17.7. The molecule has 2 rings (SSSR count). The second kappa shape index (κ2) is 7.31. The molecule has 1 amide bonds. The van der Waals surface area contributed by atoms with Gasteiger partial charge in [-0.2, -0.15) is 0 Å². The van der Waals surface area contributed by atoms with Crippen molar-refractivity contribution >= 4 is 11.6 Å². The summed E-state index contributed by atoms with van der Waals surface area (Å²) < 4.78 is 11.0. The van der Waals surface area contributed by atoms with Crippen molar-refractivity contribution in [3.63, 3.8) is 0 Å². The molecular weight excluding hydrogens is 306 g/mol. The summed E-state index contributed by atoms with van der Waals surface area (Å²) in [5.74, 6) is 1.55. The molecule has 1 unspecified atom stereocenters. The lowest BCUT2D eigenvalue weighted by Crippen LogP contribution is -2.47. The van der Waals surface area contributed by atoms with Crippen molar-refractivity contribution in [2.75, 3.05) is 12.4 Å². The molecule has 1 heterocycles. The van der Waals surface area contributed by atoms with Crippen LogP contribution in [-0.2, 0) is 4.79 Å². The maximum Gasteiger partial charge on any atom is 0.244 e. The van der Waals surface area contributed by atoms with Crippen molar-refractivity contribution < 1.29 is 14.3 Å². The van der Waals surface area contributed by atoms with Gasteiger partial charge >= 0.3 is 0 Å². The lowest BCUT2D eigenvalue weighted by molar-refractivity contribution is -0.120. The average Bonchev–Trinajstić information content (AvgIpc) is 2.58. The van der Waals surface area contributed by atoms with Crippen molar-refractivity contribution in [2.45, 2.75) is 32.7 Å². The molecule has 0 fully saturated rings. The van der Waals surface area contributed by atoms with Crippen LogP contribution in [0.25, 0.3) is 0 Å². The quantitative estimate of drug-likeness (QED) is 0.849. The molecule has 0 spiro atoms. The molecule has 128 valence electrons. The number of carbonyl (C=O) groups is 1. The van der Waals surface area contributed by atoms with E-state index in [9.17, 15) is 4.79 Å². The second-order valence-corrected chi connectivity index (χ2v) is 5.84. The maximum atomic E-state index is 12.0. The predicted molar refractivity (Wildman–Crippen MR) is 93.6 cm³/mol. The average molecular weight is 329 g/mol. The normalized spacial score (nSPS) is 13.0. The topological polar surface area (TPSA) is 86.5 Å². The van der Waals surface area contributed by atoms with E-state index in [1.165, 1.54) is 6.20 Å². The largest absolute Gasteiger partial charge is 0.496 e. The Kier molecular flexibility index (Phi) is 5.41. The fraction of sp³-hybridized carbons (Fsp3) is 0.333. The van der Waals surface area contributed by atoms with E-state index in [2.05, 4.69) is 10.3 Å². The number of methoxy groups -OCH3 is 1. The Balaban J connectivity index is 2.06. The molecule has 1 aromatic carbocycles. The van der Waals surface area contributed by atoms with Gasteiger partial charge in [0.05, 0.1) is 24.5 Å². The molecule has 2 aromatic rings. The summed E-state index contributed by atoms with van der Waals surface area (Å²) in [6.07, 6.45) is 2.08. The zero-order valence-corrected chi connectivity index (χ0v) is 14.4. The van der Waals surface area contributed by atoms with Crippen LogP contribution in [0.3, 0.4) is 0 Å². The van der Waals surface area contributed by atoms with Crippen LogP contribution in [0.5, 0.6) is 17.4 Å². The van der Waals surface area contributed by atoms with Gasteiger partial charge in [0.15, 0.2) is 0 Å². The third-order valence-electron chi connectivity index (χ3n) is 3.85. The van der Waals surface area contributed by atoms with Gasteiger partial charge in [-0.25, -0.2) is 4.98 Å². The van der Waals surface area contributed by atoms with E-state index in [0.29, 0.717) is 23.7 Å². The molecule has 0 aliphatic rings. The number of aromatic nitrogens is 1. The molecule has 1 aromatic heterocycles. The molecule has 0 aliphatic carbocycles. The first kappa shape index (κ1) is 17.7. The Hall–Kier alpha value is -2.60. The fourth-order valence-corrected chi connectivity index (χ4v) is 1.93. The highest BCUT2D eigenvalue weighted by Gasteiger charge is 2.25. The summed E-state index contributed by atoms with van der Waals surface area (Å²) in [6, 6.07) is 8.96. The molecule has 0 radical (unpaired) electrons. The van der Waals surface area contributed by atoms with Crippen LogP contribution in [0.2, 0.25) is 0 Å². The third-order valence-corrected chi connectivity index (χ3v) is 3.85. The minimum Gasteiger partial charge on any atom is -0.496 e. The Morgan fingerprint density at radius 1 is 1.33 bits per heavy atom. The predicted octanol–water partition coefficient (Wildman–Crippen LogP) is 3.26. The standard InChI is InChI=1S/C18H23N3O3/c1-5-18(3,19)17(22)21-13-7-9-16(20-11-13)24-14-8-6-12(2)15(10-14)23-4/h6-11H,5,19H2,1-4H3,(H,21,22). The number of hydrogen-bond acceptors (Lipinski definition) is 5. The Labute approximate surface area is 142 Å². The number of nitrogens with one attached hydrogen (secondary N) is 1. The number of aryl methyl sites for hydroxylation is 1.